The standard InChI is InChI=1S/C12H15ClO/c1-8(2)12(14)9(3)10-6-4-5-7-11(10)13/h4-9H,1-3H3. The molecule has 0 bridgehead atoms. The monoisotopic (exact) mass is 210 g/mol. The van der Waals surface area contributed by atoms with Gasteiger partial charge in [-0.3, -0.25) is 4.79 Å². The third kappa shape index (κ3) is 2.36. The Labute approximate surface area is 90.1 Å². The maximum Gasteiger partial charge on any atom is 0.142 e. The molecule has 0 aliphatic carbocycles. The molecule has 76 valence electrons. The zero-order valence-electron chi connectivity index (χ0n) is 8.75. The Bertz CT molecular complexity index is 331. The number of halogens is 1. The van der Waals surface area contributed by atoms with E-state index in [4.69, 9.17) is 11.6 Å². The number of hydrogen-bond donors (Lipinski definition) is 0. The fraction of sp³-hybridized carbons (Fsp3) is 0.417. The molecule has 2 heteroatoms. The Morgan fingerprint density at radius 2 is 1.79 bits per heavy atom. The highest BCUT2D eigenvalue weighted by molar-refractivity contribution is 6.31. The van der Waals surface area contributed by atoms with E-state index in [9.17, 15) is 4.79 Å². The minimum absolute atomic E-state index is 0.0567. The summed E-state index contributed by atoms with van der Waals surface area (Å²) in [4.78, 5) is 11.7. The average molecular weight is 211 g/mol. The second kappa shape index (κ2) is 4.61. The van der Waals surface area contributed by atoms with E-state index < -0.39 is 0 Å². The van der Waals surface area contributed by atoms with E-state index in [1.54, 1.807) is 0 Å². The summed E-state index contributed by atoms with van der Waals surface area (Å²) >= 11 is 6.02. The van der Waals surface area contributed by atoms with Crippen LogP contribution in [0.3, 0.4) is 0 Å². The predicted molar refractivity (Wildman–Crippen MR) is 59.7 cm³/mol. The van der Waals surface area contributed by atoms with Gasteiger partial charge in [-0.05, 0) is 11.6 Å². The molecule has 0 fully saturated rings. The van der Waals surface area contributed by atoms with Gasteiger partial charge in [-0.25, -0.2) is 0 Å². The van der Waals surface area contributed by atoms with Gasteiger partial charge in [0.2, 0.25) is 0 Å². The van der Waals surface area contributed by atoms with Crippen LogP contribution in [-0.2, 0) is 4.79 Å². The lowest BCUT2D eigenvalue weighted by atomic mass is 9.90. The number of carbonyl (C=O) groups is 1. The Hall–Kier alpha value is -0.820. The molecule has 0 aliphatic heterocycles. The molecule has 0 amide bonds. The topological polar surface area (TPSA) is 17.1 Å². The van der Waals surface area contributed by atoms with E-state index in [-0.39, 0.29) is 17.6 Å². The fourth-order valence-corrected chi connectivity index (χ4v) is 1.78. The number of Topliss-reactive ketones (excluding diaryl/α,β-unsaturated/α-hetero) is 1. The van der Waals surface area contributed by atoms with E-state index in [0.29, 0.717) is 5.02 Å². The molecule has 0 radical (unpaired) electrons. The highest BCUT2D eigenvalue weighted by atomic mass is 35.5. The van der Waals surface area contributed by atoms with Crippen molar-refractivity contribution in [2.75, 3.05) is 0 Å². The van der Waals surface area contributed by atoms with Crippen LogP contribution in [0.25, 0.3) is 0 Å². The van der Waals surface area contributed by atoms with Gasteiger partial charge in [0.15, 0.2) is 0 Å². The van der Waals surface area contributed by atoms with Gasteiger partial charge in [0.05, 0.1) is 0 Å². The molecule has 0 spiro atoms. The number of ketones is 1. The van der Waals surface area contributed by atoms with E-state index in [1.165, 1.54) is 0 Å². The van der Waals surface area contributed by atoms with E-state index in [0.717, 1.165) is 5.56 Å². The molecule has 0 aromatic heterocycles. The first-order valence-electron chi connectivity index (χ1n) is 4.82. The van der Waals surface area contributed by atoms with Crippen LogP contribution >= 0.6 is 11.6 Å². The minimum atomic E-state index is -0.108. The Morgan fingerprint density at radius 1 is 1.21 bits per heavy atom. The lowest BCUT2D eigenvalue weighted by Crippen LogP contribution is -2.15. The smallest absolute Gasteiger partial charge is 0.142 e. The van der Waals surface area contributed by atoms with Crippen LogP contribution in [0.1, 0.15) is 32.3 Å². The summed E-state index contributed by atoms with van der Waals surface area (Å²) < 4.78 is 0. The number of hydrogen-bond acceptors (Lipinski definition) is 1. The number of carbonyl (C=O) groups excluding carboxylic acids is 1. The molecule has 0 saturated heterocycles. The van der Waals surface area contributed by atoms with Gasteiger partial charge < -0.3 is 0 Å². The number of benzene rings is 1. The van der Waals surface area contributed by atoms with Crippen molar-refractivity contribution in [2.45, 2.75) is 26.7 Å². The van der Waals surface area contributed by atoms with Crippen LogP contribution in [-0.4, -0.2) is 5.78 Å². The number of rotatable bonds is 3. The van der Waals surface area contributed by atoms with Crippen molar-refractivity contribution in [3.05, 3.63) is 34.9 Å². The molecule has 0 N–H and O–H groups in total. The molecular formula is C12H15ClO. The maximum absolute atomic E-state index is 11.7. The highest BCUT2D eigenvalue weighted by Gasteiger charge is 2.19. The second-order valence-corrected chi connectivity index (χ2v) is 4.21. The van der Waals surface area contributed by atoms with Crippen LogP contribution < -0.4 is 0 Å². The lowest BCUT2D eigenvalue weighted by Gasteiger charge is -2.14. The predicted octanol–water partition coefficient (Wildman–Crippen LogP) is 3.67. The van der Waals surface area contributed by atoms with Gasteiger partial charge in [0.1, 0.15) is 5.78 Å². The summed E-state index contributed by atoms with van der Waals surface area (Å²) in [6.07, 6.45) is 0. The quantitative estimate of drug-likeness (QED) is 0.744. The molecule has 1 aromatic rings. The highest BCUT2D eigenvalue weighted by Crippen LogP contribution is 2.26. The zero-order valence-corrected chi connectivity index (χ0v) is 9.51. The van der Waals surface area contributed by atoms with Crippen molar-refractivity contribution in [3.63, 3.8) is 0 Å². The second-order valence-electron chi connectivity index (χ2n) is 3.80. The Balaban J connectivity index is 2.95. The first-order valence-corrected chi connectivity index (χ1v) is 5.20. The van der Waals surface area contributed by atoms with Crippen molar-refractivity contribution < 1.29 is 4.79 Å². The molecule has 14 heavy (non-hydrogen) atoms. The molecule has 0 heterocycles. The largest absolute Gasteiger partial charge is 0.299 e. The van der Waals surface area contributed by atoms with Crippen LogP contribution in [0, 0.1) is 5.92 Å². The SMILES string of the molecule is CC(C)C(=O)C(C)c1ccccc1Cl. The first-order chi connectivity index (χ1) is 6.54. The average Bonchev–Trinajstić information content (AvgIpc) is 2.16. The van der Waals surface area contributed by atoms with Gasteiger partial charge in [-0.15, -0.1) is 0 Å². The molecular weight excluding hydrogens is 196 g/mol. The van der Waals surface area contributed by atoms with Crippen molar-refractivity contribution in [1.29, 1.82) is 0 Å². The van der Waals surface area contributed by atoms with Gasteiger partial charge in [0.25, 0.3) is 0 Å². The van der Waals surface area contributed by atoms with E-state index in [1.807, 2.05) is 45.0 Å². The molecule has 1 nitrogen and oxygen atoms in total. The molecule has 1 atom stereocenters. The Morgan fingerprint density at radius 3 is 2.29 bits per heavy atom. The normalized spacial score (nSPS) is 12.9. The zero-order chi connectivity index (χ0) is 10.7. The minimum Gasteiger partial charge on any atom is -0.299 e. The maximum atomic E-state index is 11.7. The molecule has 1 rings (SSSR count). The molecule has 0 saturated carbocycles. The summed E-state index contributed by atoms with van der Waals surface area (Å²) in [6, 6.07) is 7.51. The molecule has 1 aromatic carbocycles. The van der Waals surface area contributed by atoms with Gasteiger partial charge in [0, 0.05) is 16.9 Å². The van der Waals surface area contributed by atoms with Gasteiger partial charge >= 0.3 is 0 Å². The summed E-state index contributed by atoms with van der Waals surface area (Å²) in [6.45, 7) is 5.73. The van der Waals surface area contributed by atoms with Gasteiger partial charge in [-0.2, -0.15) is 0 Å². The third-order valence-electron chi connectivity index (χ3n) is 2.37. The Kier molecular flexibility index (Phi) is 3.70. The van der Waals surface area contributed by atoms with Crippen molar-refractivity contribution >= 4 is 17.4 Å². The first kappa shape index (κ1) is 11.3. The summed E-state index contributed by atoms with van der Waals surface area (Å²) in [5, 5.41) is 0.675. The van der Waals surface area contributed by atoms with Crippen LogP contribution in [0.5, 0.6) is 0 Å². The third-order valence-corrected chi connectivity index (χ3v) is 2.71. The van der Waals surface area contributed by atoms with Crippen molar-refractivity contribution in [1.82, 2.24) is 0 Å². The van der Waals surface area contributed by atoms with Crippen LogP contribution in [0.4, 0.5) is 0 Å². The summed E-state index contributed by atoms with van der Waals surface area (Å²) in [7, 11) is 0. The van der Waals surface area contributed by atoms with Crippen molar-refractivity contribution in [3.8, 4) is 0 Å². The lowest BCUT2D eigenvalue weighted by molar-refractivity contribution is -0.123. The van der Waals surface area contributed by atoms with E-state index >= 15 is 0 Å². The molecule has 0 aliphatic rings. The van der Waals surface area contributed by atoms with E-state index in [2.05, 4.69) is 0 Å². The summed E-state index contributed by atoms with van der Waals surface area (Å²) in [5.74, 6) is 0.183. The van der Waals surface area contributed by atoms with Crippen molar-refractivity contribution in [2.24, 2.45) is 5.92 Å². The van der Waals surface area contributed by atoms with Crippen LogP contribution in [0.15, 0.2) is 24.3 Å². The molecule has 1 unspecified atom stereocenters. The summed E-state index contributed by atoms with van der Waals surface area (Å²) in [5.41, 5.74) is 0.924. The fourth-order valence-electron chi connectivity index (χ4n) is 1.48. The van der Waals surface area contributed by atoms with Crippen LogP contribution in [0.2, 0.25) is 5.02 Å². The van der Waals surface area contributed by atoms with Gasteiger partial charge in [-0.1, -0.05) is 50.6 Å².